The zero-order valence-corrected chi connectivity index (χ0v) is 10.5. The van der Waals surface area contributed by atoms with Crippen molar-refractivity contribution in [2.24, 2.45) is 5.73 Å². The molecule has 0 atom stereocenters. The van der Waals surface area contributed by atoms with Gasteiger partial charge in [0.05, 0.1) is 11.1 Å². The van der Waals surface area contributed by atoms with Crippen LogP contribution in [0, 0.1) is 13.8 Å². The summed E-state index contributed by atoms with van der Waals surface area (Å²) in [5, 5.41) is 0.165. The van der Waals surface area contributed by atoms with E-state index >= 15 is 0 Å². The maximum atomic E-state index is 12.9. The van der Waals surface area contributed by atoms with E-state index in [0.717, 1.165) is 0 Å². The number of carbonyl (C=O) groups excluding carboxylic acids is 1. The molecule has 1 amide bonds. The van der Waals surface area contributed by atoms with E-state index in [1.165, 1.54) is 13.0 Å². The third-order valence-corrected chi connectivity index (χ3v) is 2.66. The lowest BCUT2D eigenvalue weighted by Gasteiger charge is -2.14. The van der Waals surface area contributed by atoms with E-state index in [1.54, 1.807) is 25.1 Å². The van der Waals surface area contributed by atoms with E-state index in [2.05, 4.69) is 10.7 Å². The average Bonchev–Trinajstić information content (AvgIpc) is 2.30. The zero-order valence-electron chi connectivity index (χ0n) is 10.5. The van der Waals surface area contributed by atoms with Crippen molar-refractivity contribution in [3.63, 3.8) is 0 Å². The summed E-state index contributed by atoms with van der Waals surface area (Å²) >= 11 is 0. The molecule has 102 valence electrons. The molecule has 0 bridgehead atoms. The average molecular weight is 270 g/mol. The summed E-state index contributed by atoms with van der Waals surface area (Å²) in [6, 6.07) is 6.33. The molecule has 0 saturated carbocycles. The number of para-hydroxylation sites is 1. The van der Waals surface area contributed by atoms with E-state index in [-0.39, 0.29) is 17.4 Å². The first kappa shape index (κ1) is 14.9. The van der Waals surface area contributed by atoms with Gasteiger partial charge >= 0.3 is 6.18 Å². The Labute approximate surface area is 108 Å². The van der Waals surface area contributed by atoms with Crippen molar-refractivity contribution in [3.05, 3.63) is 41.1 Å². The largest absolute Gasteiger partial charge is 0.417 e. The van der Waals surface area contributed by atoms with Crippen molar-refractivity contribution in [2.45, 2.75) is 20.0 Å². The number of fused-ring (bicyclic) bond motifs is 1. The molecule has 19 heavy (non-hydrogen) atoms. The Morgan fingerprint density at radius 3 is 2.26 bits per heavy atom. The van der Waals surface area contributed by atoms with Crippen molar-refractivity contribution in [3.8, 4) is 0 Å². The number of aromatic nitrogens is 1. The SMILES string of the molecule is Cc1nc2ccccc2c(C(F)(F)F)c1C.NC=O. The number of hydrogen-bond donors (Lipinski definition) is 1. The first-order valence-electron chi connectivity index (χ1n) is 5.41. The number of rotatable bonds is 0. The maximum Gasteiger partial charge on any atom is 0.417 e. The van der Waals surface area contributed by atoms with Crippen LogP contribution in [0.5, 0.6) is 0 Å². The van der Waals surface area contributed by atoms with Crippen LogP contribution in [0.3, 0.4) is 0 Å². The van der Waals surface area contributed by atoms with Crippen LogP contribution in [-0.4, -0.2) is 11.4 Å². The molecule has 2 rings (SSSR count). The summed E-state index contributed by atoms with van der Waals surface area (Å²) in [6.07, 6.45) is -4.09. The Morgan fingerprint density at radius 1 is 1.21 bits per heavy atom. The molecule has 2 aromatic rings. The van der Waals surface area contributed by atoms with Gasteiger partial charge in [0.1, 0.15) is 0 Å². The highest BCUT2D eigenvalue weighted by Gasteiger charge is 2.35. The lowest BCUT2D eigenvalue weighted by atomic mass is 10.0. The van der Waals surface area contributed by atoms with Crippen LogP contribution in [0.15, 0.2) is 24.3 Å². The fraction of sp³-hybridized carbons (Fsp3) is 0.231. The fourth-order valence-electron chi connectivity index (χ4n) is 1.80. The van der Waals surface area contributed by atoms with Crippen molar-refractivity contribution in [2.75, 3.05) is 0 Å². The minimum atomic E-state index is -4.34. The van der Waals surface area contributed by atoms with Crippen molar-refractivity contribution >= 4 is 17.3 Å². The predicted molar refractivity (Wildman–Crippen MR) is 66.5 cm³/mol. The molecule has 0 radical (unpaired) electrons. The molecule has 0 aliphatic heterocycles. The number of nitrogens with zero attached hydrogens (tertiary/aromatic N) is 1. The number of aryl methyl sites for hydroxylation is 1. The monoisotopic (exact) mass is 270 g/mol. The molecule has 0 saturated heterocycles. The molecule has 0 fully saturated rings. The molecule has 0 spiro atoms. The van der Waals surface area contributed by atoms with Crippen LogP contribution < -0.4 is 5.73 Å². The minimum absolute atomic E-state index is 0.165. The summed E-state index contributed by atoms with van der Waals surface area (Å²) in [7, 11) is 0. The van der Waals surface area contributed by atoms with Crippen molar-refractivity contribution in [1.29, 1.82) is 0 Å². The molecule has 1 heterocycles. The van der Waals surface area contributed by atoms with E-state index in [4.69, 9.17) is 4.79 Å². The number of carbonyl (C=O) groups is 1. The summed E-state index contributed by atoms with van der Waals surface area (Å²) in [5.41, 5.74) is 4.60. The summed E-state index contributed by atoms with van der Waals surface area (Å²) in [4.78, 5) is 12.7. The predicted octanol–water partition coefficient (Wildman–Crippen LogP) is 2.97. The van der Waals surface area contributed by atoms with E-state index in [0.29, 0.717) is 11.2 Å². The second-order valence-corrected chi connectivity index (χ2v) is 3.85. The number of primary amides is 1. The number of amides is 1. The molecular weight excluding hydrogens is 257 g/mol. The molecular formula is C13H13F3N2O. The Bertz CT molecular complexity index is 594. The van der Waals surface area contributed by atoms with E-state index < -0.39 is 11.7 Å². The molecule has 0 unspecified atom stereocenters. The summed E-state index contributed by atoms with van der Waals surface area (Å²) in [5.74, 6) is 0. The Morgan fingerprint density at radius 2 is 1.74 bits per heavy atom. The summed E-state index contributed by atoms with van der Waals surface area (Å²) < 4.78 is 38.8. The minimum Gasteiger partial charge on any atom is -0.372 e. The van der Waals surface area contributed by atoms with Gasteiger partial charge in [-0.25, -0.2) is 0 Å². The number of benzene rings is 1. The zero-order chi connectivity index (χ0) is 14.6. The first-order chi connectivity index (χ1) is 8.82. The number of pyridine rings is 1. The summed E-state index contributed by atoms with van der Waals surface area (Å²) in [6.45, 7) is 3.05. The van der Waals surface area contributed by atoms with Crippen LogP contribution >= 0.6 is 0 Å². The molecule has 0 aliphatic carbocycles. The number of hydrogen-bond acceptors (Lipinski definition) is 2. The number of nitrogens with two attached hydrogens (primary N) is 1. The molecule has 1 aromatic carbocycles. The van der Waals surface area contributed by atoms with Crippen LogP contribution in [0.25, 0.3) is 10.9 Å². The smallest absolute Gasteiger partial charge is 0.372 e. The Kier molecular flexibility index (Phi) is 4.47. The van der Waals surface area contributed by atoms with Gasteiger partial charge in [0.15, 0.2) is 0 Å². The van der Waals surface area contributed by atoms with Gasteiger partial charge in [-0.05, 0) is 25.5 Å². The topological polar surface area (TPSA) is 56.0 Å². The normalized spacial score (nSPS) is 10.8. The van der Waals surface area contributed by atoms with Gasteiger partial charge in [-0.15, -0.1) is 0 Å². The van der Waals surface area contributed by atoms with Gasteiger partial charge < -0.3 is 5.73 Å². The van der Waals surface area contributed by atoms with Crippen LogP contribution in [0.4, 0.5) is 13.2 Å². The highest BCUT2D eigenvalue weighted by molar-refractivity contribution is 5.84. The second kappa shape index (κ2) is 5.69. The van der Waals surface area contributed by atoms with Gasteiger partial charge in [0.2, 0.25) is 6.41 Å². The van der Waals surface area contributed by atoms with Gasteiger partial charge in [0, 0.05) is 11.1 Å². The Hall–Kier alpha value is -2.11. The van der Waals surface area contributed by atoms with Gasteiger partial charge in [0.25, 0.3) is 0 Å². The molecule has 0 aliphatic rings. The molecule has 1 aromatic heterocycles. The lowest BCUT2D eigenvalue weighted by Crippen LogP contribution is -2.10. The van der Waals surface area contributed by atoms with Crippen LogP contribution in [0.1, 0.15) is 16.8 Å². The quantitative estimate of drug-likeness (QED) is 0.748. The van der Waals surface area contributed by atoms with Gasteiger partial charge in [-0.1, -0.05) is 18.2 Å². The maximum absolute atomic E-state index is 12.9. The number of halogens is 3. The highest BCUT2D eigenvalue weighted by atomic mass is 19.4. The van der Waals surface area contributed by atoms with Crippen molar-refractivity contribution < 1.29 is 18.0 Å². The van der Waals surface area contributed by atoms with Gasteiger partial charge in [-0.2, -0.15) is 13.2 Å². The van der Waals surface area contributed by atoms with E-state index in [9.17, 15) is 13.2 Å². The number of alkyl halides is 3. The molecule has 6 heteroatoms. The standard InChI is InChI=1S/C12H10F3N.CH3NO/c1-7-8(2)16-10-6-4-3-5-9(10)11(7)12(13,14)15;2-1-3/h3-6H,1-2H3;1H,(H2,2,3). The fourth-order valence-corrected chi connectivity index (χ4v) is 1.80. The molecule has 3 nitrogen and oxygen atoms in total. The third-order valence-electron chi connectivity index (χ3n) is 2.66. The van der Waals surface area contributed by atoms with E-state index in [1.807, 2.05) is 0 Å². The highest BCUT2D eigenvalue weighted by Crippen LogP contribution is 2.37. The van der Waals surface area contributed by atoms with Gasteiger partial charge in [-0.3, -0.25) is 9.78 Å². The third kappa shape index (κ3) is 3.21. The lowest BCUT2D eigenvalue weighted by molar-refractivity contribution is -0.136. The second-order valence-electron chi connectivity index (χ2n) is 3.85. The van der Waals surface area contributed by atoms with Crippen LogP contribution in [-0.2, 0) is 11.0 Å². The molecule has 2 N–H and O–H groups in total. The Balaban J connectivity index is 0.000000550. The van der Waals surface area contributed by atoms with Crippen LogP contribution in [0.2, 0.25) is 0 Å². The first-order valence-corrected chi connectivity index (χ1v) is 5.41. The van der Waals surface area contributed by atoms with Crippen molar-refractivity contribution in [1.82, 2.24) is 4.98 Å².